The SMILES string of the molecule is Cc1ccc(-c2ncc(CCN)s2)c(C)c1. The molecule has 0 aliphatic rings. The Morgan fingerprint density at radius 1 is 1.31 bits per heavy atom. The molecule has 0 atom stereocenters. The van der Waals surface area contributed by atoms with Gasteiger partial charge in [0.1, 0.15) is 5.01 Å². The van der Waals surface area contributed by atoms with Crippen molar-refractivity contribution < 1.29 is 0 Å². The van der Waals surface area contributed by atoms with Crippen LogP contribution in [0.5, 0.6) is 0 Å². The molecule has 0 unspecified atom stereocenters. The highest BCUT2D eigenvalue weighted by atomic mass is 32.1. The van der Waals surface area contributed by atoms with Crippen molar-refractivity contribution in [1.82, 2.24) is 4.98 Å². The number of aromatic nitrogens is 1. The first kappa shape index (κ1) is 11.3. The molecule has 0 fully saturated rings. The number of aryl methyl sites for hydroxylation is 2. The molecule has 0 amide bonds. The van der Waals surface area contributed by atoms with E-state index in [1.54, 1.807) is 11.3 Å². The molecule has 1 aromatic carbocycles. The van der Waals surface area contributed by atoms with E-state index in [4.69, 9.17) is 5.73 Å². The molecule has 0 aliphatic carbocycles. The summed E-state index contributed by atoms with van der Waals surface area (Å²) in [5.41, 5.74) is 9.35. The van der Waals surface area contributed by atoms with Gasteiger partial charge in [0.2, 0.25) is 0 Å². The van der Waals surface area contributed by atoms with Crippen molar-refractivity contribution in [3.8, 4) is 10.6 Å². The Morgan fingerprint density at radius 2 is 2.12 bits per heavy atom. The van der Waals surface area contributed by atoms with Crippen molar-refractivity contribution in [2.45, 2.75) is 20.3 Å². The van der Waals surface area contributed by atoms with Crippen LogP contribution in [-0.4, -0.2) is 11.5 Å². The van der Waals surface area contributed by atoms with E-state index in [1.165, 1.54) is 21.6 Å². The van der Waals surface area contributed by atoms with Crippen LogP contribution in [0, 0.1) is 13.8 Å². The lowest BCUT2D eigenvalue weighted by Gasteiger charge is -2.02. The summed E-state index contributed by atoms with van der Waals surface area (Å²) in [6, 6.07) is 6.47. The minimum absolute atomic E-state index is 0.689. The van der Waals surface area contributed by atoms with Crippen LogP contribution in [0.3, 0.4) is 0 Å². The maximum atomic E-state index is 5.54. The number of rotatable bonds is 3. The Kier molecular flexibility index (Phi) is 3.36. The molecule has 1 aromatic heterocycles. The third-order valence-corrected chi connectivity index (χ3v) is 3.65. The van der Waals surface area contributed by atoms with Crippen LogP contribution >= 0.6 is 11.3 Å². The fourth-order valence-electron chi connectivity index (χ4n) is 1.74. The third kappa shape index (κ3) is 2.31. The molecule has 3 heteroatoms. The van der Waals surface area contributed by atoms with Gasteiger partial charge in [-0.05, 0) is 32.4 Å². The van der Waals surface area contributed by atoms with Gasteiger partial charge in [-0.25, -0.2) is 4.98 Å². The molecule has 0 saturated carbocycles. The topological polar surface area (TPSA) is 38.9 Å². The second-order valence-corrected chi connectivity index (χ2v) is 5.10. The van der Waals surface area contributed by atoms with Crippen molar-refractivity contribution in [3.05, 3.63) is 40.4 Å². The first-order chi connectivity index (χ1) is 7.70. The summed E-state index contributed by atoms with van der Waals surface area (Å²) in [5.74, 6) is 0. The number of nitrogens with two attached hydrogens (primary N) is 1. The van der Waals surface area contributed by atoms with Crippen LogP contribution in [0.25, 0.3) is 10.6 Å². The zero-order valence-electron chi connectivity index (χ0n) is 9.66. The Hall–Kier alpha value is -1.19. The molecule has 0 bridgehead atoms. The van der Waals surface area contributed by atoms with E-state index in [0.29, 0.717) is 6.54 Å². The summed E-state index contributed by atoms with van der Waals surface area (Å²) in [5, 5.41) is 1.10. The number of nitrogens with zero attached hydrogens (tertiary/aromatic N) is 1. The zero-order valence-corrected chi connectivity index (χ0v) is 10.5. The van der Waals surface area contributed by atoms with E-state index in [1.807, 2.05) is 6.20 Å². The van der Waals surface area contributed by atoms with Crippen molar-refractivity contribution in [3.63, 3.8) is 0 Å². The normalized spacial score (nSPS) is 10.7. The summed E-state index contributed by atoms with van der Waals surface area (Å²) in [6.07, 6.45) is 2.86. The number of hydrogen-bond donors (Lipinski definition) is 1. The van der Waals surface area contributed by atoms with Crippen LogP contribution in [-0.2, 0) is 6.42 Å². The quantitative estimate of drug-likeness (QED) is 0.883. The largest absolute Gasteiger partial charge is 0.330 e. The summed E-state index contributed by atoms with van der Waals surface area (Å²) in [6.45, 7) is 4.93. The Morgan fingerprint density at radius 3 is 2.81 bits per heavy atom. The lowest BCUT2D eigenvalue weighted by Crippen LogP contribution is -2.00. The van der Waals surface area contributed by atoms with Gasteiger partial charge in [-0.2, -0.15) is 0 Å². The highest BCUT2D eigenvalue weighted by Gasteiger charge is 2.06. The third-order valence-electron chi connectivity index (χ3n) is 2.56. The van der Waals surface area contributed by atoms with Crippen LogP contribution in [0.15, 0.2) is 24.4 Å². The van der Waals surface area contributed by atoms with Gasteiger partial charge in [-0.15, -0.1) is 11.3 Å². The van der Waals surface area contributed by atoms with Gasteiger partial charge in [0, 0.05) is 16.6 Å². The van der Waals surface area contributed by atoms with E-state index in [9.17, 15) is 0 Å². The summed E-state index contributed by atoms with van der Waals surface area (Å²) < 4.78 is 0. The summed E-state index contributed by atoms with van der Waals surface area (Å²) in [4.78, 5) is 5.72. The second-order valence-electron chi connectivity index (χ2n) is 3.99. The highest BCUT2D eigenvalue weighted by Crippen LogP contribution is 2.28. The molecule has 0 saturated heterocycles. The van der Waals surface area contributed by atoms with Crippen molar-refractivity contribution in [1.29, 1.82) is 0 Å². The average Bonchev–Trinajstić information content (AvgIpc) is 2.67. The van der Waals surface area contributed by atoms with Crippen LogP contribution < -0.4 is 5.73 Å². The average molecular weight is 232 g/mol. The maximum Gasteiger partial charge on any atom is 0.123 e. The van der Waals surface area contributed by atoms with Crippen molar-refractivity contribution in [2.75, 3.05) is 6.54 Å². The van der Waals surface area contributed by atoms with Crippen molar-refractivity contribution >= 4 is 11.3 Å². The molecule has 1 heterocycles. The van der Waals surface area contributed by atoms with Crippen LogP contribution in [0.4, 0.5) is 0 Å². The number of hydrogen-bond acceptors (Lipinski definition) is 3. The highest BCUT2D eigenvalue weighted by molar-refractivity contribution is 7.15. The molecular weight excluding hydrogens is 216 g/mol. The molecule has 84 valence electrons. The minimum Gasteiger partial charge on any atom is -0.330 e. The van der Waals surface area contributed by atoms with Gasteiger partial charge in [0.15, 0.2) is 0 Å². The lowest BCUT2D eigenvalue weighted by molar-refractivity contribution is 0.984. The lowest BCUT2D eigenvalue weighted by atomic mass is 10.1. The Balaban J connectivity index is 2.35. The predicted molar refractivity (Wildman–Crippen MR) is 69.8 cm³/mol. The van der Waals surface area contributed by atoms with Gasteiger partial charge in [0.05, 0.1) is 0 Å². The Labute approximate surface area is 100 Å². The maximum absolute atomic E-state index is 5.54. The predicted octanol–water partition coefficient (Wildman–Crippen LogP) is 2.93. The summed E-state index contributed by atoms with van der Waals surface area (Å²) in [7, 11) is 0. The molecule has 2 aromatic rings. The summed E-state index contributed by atoms with van der Waals surface area (Å²) >= 11 is 1.74. The van der Waals surface area contributed by atoms with E-state index < -0.39 is 0 Å². The Bertz CT molecular complexity index is 488. The monoisotopic (exact) mass is 232 g/mol. The fraction of sp³-hybridized carbons (Fsp3) is 0.308. The molecule has 0 aliphatic heterocycles. The molecule has 16 heavy (non-hydrogen) atoms. The van der Waals surface area contributed by atoms with Gasteiger partial charge >= 0.3 is 0 Å². The zero-order chi connectivity index (χ0) is 11.5. The van der Waals surface area contributed by atoms with Crippen LogP contribution in [0.2, 0.25) is 0 Å². The van der Waals surface area contributed by atoms with E-state index >= 15 is 0 Å². The smallest absolute Gasteiger partial charge is 0.123 e. The molecule has 0 spiro atoms. The van der Waals surface area contributed by atoms with Gasteiger partial charge in [-0.1, -0.05) is 23.8 Å². The number of thiazole rings is 1. The van der Waals surface area contributed by atoms with Crippen molar-refractivity contribution in [2.24, 2.45) is 5.73 Å². The fourth-order valence-corrected chi connectivity index (χ4v) is 2.76. The first-order valence-corrected chi connectivity index (χ1v) is 6.25. The second kappa shape index (κ2) is 4.76. The molecule has 2 N–H and O–H groups in total. The molecular formula is C13H16N2S. The van der Waals surface area contributed by atoms with Gasteiger partial charge < -0.3 is 5.73 Å². The van der Waals surface area contributed by atoms with E-state index in [2.05, 4.69) is 37.0 Å². The molecule has 0 radical (unpaired) electrons. The van der Waals surface area contributed by atoms with E-state index in [0.717, 1.165) is 11.4 Å². The first-order valence-electron chi connectivity index (χ1n) is 5.43. The van der Waals surface area contributed by atoms with E-state index in [-0.39, 0.29) is 0 Å². The number of benzene rings is 1. The molecule has 2 rings (SSSR count). The standard InChI is InChI=1S/C13H16N2S/c1-9-3-4-12(10(2)7-9)13-15-8-11(16-13)5-6-14/h3-4,7-8H,5-6,14H2,1-2H3. The van der Waals surface area contributed by atoms with Crippen LogP contribution in [0.1, 0.15) is 16.0 Å². The van der Waals surface area contributed by atoms with Gasteiger partial charge in [0.25, 0.3) is 0 Å². The van der Waals surface area contributed by atoms with Gasteiger partial charge in [-0.3, -0.25) is 0 Å². The molecule has 2 nitrogen and oxygen atoms in total. The minimum atomic E-state index is 0.689.